The maximum Gasteiger partial charge on any atom is 0.156 e. The van der Waals surface area contributed by atoms with Crippen molar-refractivity contribution in [2.45, 2.75) is 25.8 Å². The van der Waals surface area contributed by atoms with E-state index in [-0.39, 0.29) is 10.6 Å². The molecule has 4 heteroatoms. The highest BCUT2D eigenvalue weighted by atomic mass is 79.9. The second-order valence-corrected chi connectivity index (χ2v) is 5.23. The predicted molar refractivity (Wildman–Crippen MR) is 61.1 cm³/mol. The fourth-order valence-electron chi connectivity index (χ4n) is 1.19. The highest BCUT2D eigenvalue weighted by Crippen LogP contribution is 2.28. The predicted octanol–water partition coefficient (Wildman–Crippen LogP) is 3.52. The number of hydrogen-bond acceptors (Lipinski definition) is 1. The molecule has 78 valence electrons. The number of nitrogens with two attached hydrogens (primary N) is 1. The Kier molecular flexibility index (Phi) is 3.56. The summed E-state index contributed by atoms with van der Waals surface area (Å²) in [6, 6.07) is 3.42. The van der Waals surface area contributed by atoms with Crippen LogP contribution >= 0.6 is 27.5 Å². The van der Waals surface area contributed by atoms with Crippen LogP contribution in [0.5, 0.6) is 0 Å². The van der Waals surface area contributed by atoms with Gasteiger partial charge < -0.3 is 5.73 Å². The molecule has 1 aromatic rings. The molecule has 0 aromatic heterocycles. The Labute approximate surface area is 96.6 Å². The van der Waals surface area contributed by atoms with Crippen molar-refractivity contribution in [3.8, 4) is 0 Å². The fourth-order valence-corrected chi connectivity index (χ4v) is 1.87. The zero-order valence-corrected chi connectivity index (χ0v) is 10.4. The van der Waals surface area contributed by atoms with Gasteiger partial charge in [-0.1, -0.05) is 17.7 Å². The van der Waals surface area contributed by atoms with E-state index in [0.717, 1.165) is 5.56 Å². The molecule has 1 aromatic carbocycles. The van der Waals surface area contributed by atoms with Crippen molar-refractivity contribution >= 4 is 27.5 Å². The molecule has 0 aliphatic heterocycles. The van der Waals surface area contributed by atoms with Gasteiger partial charge in [0, 0.05) is 5.54 Å². The molecule has 1 rings (SSSR count). The van der Waals surface area contributed by atoms with Crippen LogP contribution in [0.4, 0.5) is 4.39 Å². The summed E-state index contributed by atoms with van der Waals surface area (Å²) in [5.74, 6) is -0.423. The van der Waals surface area contributed by atoms with Crippen molar-refractivity contribution in [3.05, 3.63) is 33.0 Å². The molecule has 14 heavy (non-hydrogen) atoms. The van der Waals surface area contributed by atoms with Crippen molar-refractivity contribution in [2.75, 3.05) is 0 Å². The van der Waals surface area contributed by atoms with Crippen molar-refractivity contribution in [1.82, 2.24) is 0 Å². The van der Waals surface area contributed by atoms with Gasteiger partial charge in [0.05, 0.1) is 9.50 Å². The maximum absolute atomic E-state index is 13.3. The van der Waals surface area contributed by atoms with E-state index in [2.05, 4.69) is 15.9 Å². The summed E-state index contributed by atoms with van der Waals surface area (Å²) in [5.41, 5.74) is 6.18. The molecule has 0 radical (unpaired) electrons. The van der Waals surface area contributed by atoms with Crippen LogP contribution in [0.25, 0.3) is 0 Å². The van der Waals surface area contributed by atoms with Gasteiger partial charge in [0.2, 0.25) is 0 Å². The number of rotatable bonds is 2. The molecular formula is C10H12BrClFN. The van der Waals surface area contributed by atoms with Gasteiger partial charge in [0.1, 0.15) is 0 Å². The van der Waals surface area contributed by atoms with Gasteiger partial charge >= 0.3 is 0 Å². The van der Waals surface area contributed by atoms with Crippen molar-refractivity contribution in [2.24, 2.45) is 5.73 Å². The summed E-state index contributed by atoms with van der Waals surface area (Å²) in [7, 11) is 0. The average Bonchev–Trinajstić information content (AvgIpc) is 2.04. The summed E-state index contributed by atoms with van der Waals surface area (Å²) in [6.07, 6.45) is 0.552. The van der Waals surface area contributed by atoms with Gasteiger partial charge in [-0.15, -0.1) is 0 Å². The van der Waals surface area contributed by atoms with Crippen LogP contribution in [0.1, 0.15) is 19.4 Å². The van der Waals surface area contributed by atoms with Gasteiger partial charge in [-0.25, -0.2) is 4.39 Å². The first-order valence-corrected chi connectivity index (χ1v) is 5.39. The Morgan fingerprint density at radius 3 is 2.57 bits per heavy atom. The lowest BCUT2D eigenvalue weighted by molar-refractivity contribution is 0.514. The Morgan fingerprint density at radius 1 is 1.50 bits per heavy atom. The lowest BCUT2D eigenvalue weighted by Crippen LogP contribution is -2.34. The first kappa shape index (κ1) is 12.0. The third-order valence-electron chi connectivity index (χ3n) is 1.76. The second kappa shape index (κ2) is 4.17. The van der Waals surface area contributed by atoms with Gasteiger partial charge in [-0.3, -0.25) is 0 Å². The Hall–Kier alpha value is -0.120. The largest absolute Gasteiger partial charge is 0.325 e. The molecule has 0 spiro atoms. The van der Waals surface area contributed by atoms with Crippen molar-refractivity contribution in [1.29, 1.82) is 0 Å². The number of hydrogen-bond donors (Lipinski definition) is 1. The van der Waals surface area contributed by atoms with E-state index in [4.69, 9.17) is 17.3 Å². The van der Waals surface area contributed by atoms with Crippen LogP contribution in [0.3, 0.4) is 0 Å². The van der Waals surface area contributed by atoms with Crippen LogP contribution in [-0.2, 0) is 6.42 Å². The Morgan fingerprint density at radius 2 is 2.07 bits per heavy atom. The molecule has 0 aliphatic rings. The van der Waals surface area contributed by atoms with E-state index in [1.54, 1.807) is 12.1 Å². The quantitative estimate of drug-likeness (QED) is 0.824. The van der Waals surface area contributed by atoms with E-state index in [0.29, 0.717) is 10.9 Å². The number of halogens is 3. The normalized spacial score (nSPS) is 11.9. The molecule has 0 atom stereocenters. The number of benzene rings is 1. The molecule has 0 saturated heterocycles. The summed E-state index contributed by atoms with van der Waals surface area (Å²) < 4.78 is 13.7. The van der Waals surface area contributed by atoms with Crippen LogP contribution in [0.2, 0.25) is 5.02 Å². The minimum Gasteiger partial charge on any atom is -0.325 e. The summed E-state index contributed by atoms with van der Waals surface area (Å²) >= 11 is 8.91. The van der Waals surface area contributed by atoms with Crippen LogP contribution in [0, 0.1) is 5.82 Å². The molecule has 0 unspecified atom stereocenters. The molecule has 0 aliphatic carbocycles. The minimum atomic E-state index is -0.423. The molecule has 0 bridgehead atoms. The van der Waals surface area contributed by atoms with Crippen LogP contribution in [-0.4, -0.2) is 5.54 Å². The van der Waals surface area contributed by atoms with Gasteiger partial charge in [-0.2, -0.15) is 0 Å². The first-order valence-electron chi connectivity index (χ1n) is 4.22. The molecule has 0 saturated carbocycles. The van der Waals surface area contributed by atoms with E-state index in [9.17, 15) is 4.39 Å². The van der Waals surface area contributed by atoms with E-state index in [1.165, 1.54) is 0 Å². The Balaban J connectivity index is 3.06. The van der Waals surface area contributed by atoms with Gasteiger partial charge in [-0.05, 0) is 47.8 Å². The molecular weight excluding hydrogens is 268 g/mol. The fraction of sp³-hybridized carbons (Fsp3) is 0.400. The standard InChI is InChI=1S/C10H12BrClFN/c1-10(2,14)5-6-3-4-7(11)9(13)8(6)12/h3-4H,5,14H2,1-2H3. The lowest BCUT2D eigenvalue weighted by atomic mass is 9.96. The van der Waals surface area contributed by atoms with Crippen molar-refractivity contribution in [3.63, 3.8) is 0 Å². The molecule has 0 amide bonds. The maximum atomic E-state index is 13.3. The SMILES string of the molecule is CC(C)(N)Cc1ccc(Br)c(F)c1Cl. The van der Waals surface area contributed by atoms with E-state index in [1.807, 2.05) is 13.8 Å². The Bertz CT molecular complexity index is 347. The topological polar surface area (TPSA) is 26.0 Å². The van der Waals surface area contributed by atoms with E-state index >= 15 is 0 Å². The zero-order chi connectivity index (χ0) is 10.9. The zero-order valence-electron chi connectivity index (χ0n) is 8.07. The van der Waals surface area contributed by atoms with E-state index < -0.39 is 5.82 Å². The molecule has 1 nitrogen and oxygen atoms in total. The molecule has 0 heterocycles. The lowest BCUT2D eigenvalue weighted by Gasteiger charge is -2.19. The molecule has 2 N–H and O–H groups in total. The van der Waals surface area contributed by atoms with Gasteiger partial charge in [0.15, 0.2) is 5.82 Å². The third-order valence-corrected chi connectivity index (χ3v) is 2.78. The summed E-state index contributed by atoms with van der Waals surface area (Å²) in [6.45, 7) is 3.76. The van der Waals surface area contributed by atoms with Gasteiger partial charge in [0.25, 0.3) is 0 Å². The highest BCUT2D eigenvalue weighted by molar-refractivity contribution is 9.10. The summed E-state index contributed by atoms with van der Waals surface area (Å²) in [4.78, 5) is 0. The smallest absolute Gasteiger partial charge is 0.156 e. The van der Waals surface area contributed by atoms with Crippen LogP contribution < -0.4 is 5.73 Å². The van der Waals surface area contributed by atoms with Crippen molar-refractivity contribution < 1.29 is 4.39 Å². The monoisotopic (exact) mass is 279 g/mol. The highest BCUT2D eigenvalue weighted by Gasteiger charge is 2.16. The average molecular weight is 281 g/mol. The second-order valence-electron chi connectivity index (χ2n) is 4.00. The van der Waals surface area contributed by atoms with Crippen LogP contribution in [0.15, 0.2) is 16.6 Å². The summed E-state index contributed by atoms with van der Waals surface area (Å²) in [5, 5.41) is 0.151. The molecule has 0 fully saturated rings. The minimum absolute atomic E-state index is 0.151. The third kappa shape index (κ3) is 2.94. The first-order chi connectivity index (χ1) is 6.31.